The quantitative estimate of drug-likeness (QED) is 0.497. The van der Waals surface area contributed by atoms with Crippen molar-refractivity contribution in [3.63, 3.8) is 0 Å². The Labute approximate surface area is 60.0 Å². The summed E-state index contributed by atoms with van der Waals surface area (Å²) in [5, 5.41) is 7.32. The summed E-state index contributed by atoms with van der Waals surface area (Å²) in [7, 11) is 1.72. The Bertz CT molecular complexity index is 150. The van der Waals surface area contributed by atoms with E-state index in [1.54, 1.807) is 18.0 Å². The Morgan fingerprint density at radius 2 is 2.30 bits per heavy atom. The fraction of sp³-hybridized carbons (Fsp3) is 0.667. The zero-order valence-electron chi connectivity index (χ0n) is 6.13. The van der Waals surface area contributed by atoms with E-state index in [1.807, 2.05) is 0 Å². The molecule has 0 saturated carbocycles. The Morgan fingerprint density at radius 1 is 1.80 bits per heavy atom. The monoisotopic (exact) mass is 142 g/mol. The van der Waals surface area contributed by atoms with Crippen molar-refractivity contribution in [2.45, 2.75) is 6.92 Å². The van der Waals surface area contributed by atoms with E-state index in [0.717, 1.165) is 6.54 Å². The third-order valence-corrected chi connectivity index (χ3v) is 0.964. The van der Waals surface area contributed by atoms with Crippen molar-refractivity contribution < 1.29 is 9.53 Å². The third kappa shape index (κ3) is 2.92. The van der Waals surface area contributed by atoms with E-state index in [9.17, 15) is 4.79 Å². The van der Waals surface area contributed by atoms with Crippen LogP contribution >= 0.6 is 0 Å². The number of carbonyl (C=O) groups is 1. The van der Waals surface area contributed by atoms with Crippen LogP contribution in [0, 0.1) is 11.3 Å². The lowest BCUT2D eigenvalue weighted by Crippen LogP contribution is -2.17. The molecule has 10 heavy (non-hydrogen) atoms. The smallest absolute Gasteiger partial charge is 0.409 e. The summed E-state index contributed by atoms with van der Waals surface area (Å²) in [6, 6.07) is 1.75. The molecule has 56 valence electrons. The average Bonchev–Trinajstić information content (AvgIpc) is 2.19. The molecule has 1 aliphatic heterocycles. The lowest BCUT2D eigenvalue weighted by atomic mass is 10.7. The lowest BCUT2D eigenvalue weighted by Gasteiger charge is -1.98. The number of hydrogen-bond donors (Lipinski definition) is 0. The molecule has 1 saturated heterocycles. The molecule has 4 nitrogen and oxygen atoms in total. The largest absolute Gasteiger partial charge is 0.448 e. The van der Waals surface area contributed by atoms with Gasteiger partial charge in [-0.1, -0.05) is 0 Å². The molecule has 1 rings (SSSR count). The molecule has 0 atom stereocenters. The number of amides is 1. The van der Waals surface area contributed by atoms with E-state index in [0.29, 0.717) is 6.61 Å². The molecule has 0 aliphatic carbocycles. The van der Waals surface area contributed by atoms with Gasteiger partial charge in [-0.15, -0.1) is 0 Å². The number of cyclic esters (lactones) is 1. The molecule has 0 unspecified atom stereocenters. The number of rotatable bonds is 0. The van der Waals surface area contributed by atoms with Crippen LogP contribution in [0.4, 0.5) is 4.79 Å². The van der Waals surface area contributed by atoms with Crippen molar-refractivity contribution in [1.82, 2.24) is 4.90 Å². The number of nitriles is 1. The number of carbonyl (C=O) groups excluding carboxylic acids is 1. The molecule has 1 heterocycles. The van der Waals surface area contributed by atoms with Gasteiger partial charge in [0.2, 0.25) is 0 Å². The van der Waals surface area contributed by atoms with Gasteiger partial charge in [0.15, 0.2) is 0 Å². The van der Waals surface area contributed by atoms with Crippen LogP contribution in [0.15, 0.2) is 0 Å². The summed E-state index contributed by atoms with van der Waals surface area (Å²) in [6.07, 6.45) is -0.208. The minimum absolute atomic E-state index is 0.208. The summed E-state index contributed by atoms with van der Waals surface area (Å²) < 4.78 is 4.55. The maximum Gasteiger partial charge on any atom is 0.409 e. The Morgan fingerprint density at radius 3 is 2.40 bits per heavy atom. The van der Waals surface area contributed by atoms with E-state index >= 15 is 0 Å². The summed E-state index contributed by atoms with van der Waals surface area (Å²) in [5.74, 6) is 0. The lowest BCUT2D eigenvalue weighted by molar-refractivity contribution is 0.163. The molecular weight excluding hydrogens is 132 g/mol. The molecule has 0 aromatic carbocycles. The number of hydrogen-bond acceptors (Lipinski definition) is 3. The van der Waals surface area contributed by atoms with E-state index in [2.05, 4.69) is 4.74 Å². The Hall–Kier alpha value is -1.24. The first-order valence-electron chi connectivity index (χ1n) is 2.91. The number of likely N-dealkylation sites (N-methyl/N-ethyl adjacent to an activating group) is 1. The van der Waals surface area contributed by atoms with Crippen LogP contribution in [-0.4, -0.2) is 31.2 Å². The van der Waals surface area contributed by atoms with E-state index < -0.39 is 0 Å². The number of nitrogens with zero attached hydrogens (tertiary/aromatic N) is 2. The van der Waals surface area contributed by atoms with Gasteiger partial charge < -0.3 is 9.64 Å². The Kier molecular flexibility index (Phi) is 4.05. The summed E-state index contributed by atoms with van der Waals surface area (Å²) in [6.45, 7) is 2.72. The van der Waals surface area contributed by atoms with Crippen LogP contribution in [0.1, 0.15) is 6.92 Å². The second-order valence-corrected chi connectivity index (χ2v) is 1.76. The first-order valence-corrected chi connectivity index (χ1v) is 2.91. The first-order chi connectivity index (χ1) is 4.72. The topological polar surface area (TPSA) is 53.3 Å². The third-order valence-electron chi connectivity index (χ3n) is 0.964. The van der Waals surface area contributed by atoms with Gasteiger partial charge in [0.05, 0.1) is 12.6 Å². The van der Waals surface area contributed by atoms with Crippen molar-refractivity contribution in [2.75, 3.05) is 20.2 Å². The zero-order valence-corrected chi connectivity index (χ0v) is 6.13. The highest BCUT2D eigenvalue weighted by Gasteiger charge is 2.15. The van der Waals surface area contributed by atoms with Crippen molar-refractivity contribution in [3.8, 4) is 6.07 Å². The van der Waals surface area contributed by atoms with E-state index in [4.69, 9.17) is 5.26 Å². The SMILES string of the molecule is CC#N.CN1CCOC1=O. The van der Waals surface area contributed by atoms with Gasteiger partial charge in [0.1, 0.15) is 6.61 Å². The molecule has 0 radical (unpaired) electrons. The highest BCUT2D eigenvalue weighted by atomic mass is 16.6. The fourth-order valence-corrected chi connectivity index (χ4v) is 0.471. The molecule has 0 aromatic heterocycles. The van der Waals surface area contributed by atoms with Crippen LogP contribution in [-0.2, 0) is 4.74 Å². The van der Waals surface area contributed by atoms with Crippen molar-refractivity contribution in [1.29, 1.82) is 5.26 Å². The highest BCUT2D eigenvalue weighted by Crippen LogP contribution is 1.96. The molecule has 1 amide bonds. The van der Waals surface area contributed by atoms with E-state index in [-0.39, 0.29) is 6.09 Å². The zero-order chi connectivity index (χ0) is 7.98. The predicted molar refractivity (Wildman–Crippen MR) is 35.3 cm³/mol. The summed E-state index contributed by atoms with van der Waals surface area (Å²) in [5.41, 5.74) is 0. The van der Waals surface area contributed by atoms with Crippen LogP contribution in [0.25, 0.3) is 0 Å². The minimum Gasteiger partial charge on any atom is -0.448 e. The number of ether oxygens (including phenoxy) is 1. The maximum absolute atomic E-state index is 10.3. The van der Waals surface area contributed by atoms with Gasteiger partial charge in [-0.3, -0.25) is 0 Å². The fourth-order valence-electron chi connectivity index (χ4n) is 0.471. The van der Waals surface area contributed by atoms with Crippen LogP contribution in [0.5, 0.6) is 0 Å². The van der Waals surface area contributed by atoms with E-state index in [1.165, 1.54) is 6.92 Å². The molecule has 0 spiro atoms. The second-order valence-electron chi connectivity index (χ2n) is 1.76. The van der Waals surface area contributed by atoms with Gasteiger partial charge >= 0.3 is 6.09 Å². The van der Waals surface area contributed by atoms with Crippen LogP contribution in [0.3, 0.4) is 0 Å². The molecule has 4 heteroatoms. The average molecular weight is 142 g/mol. The normalized spacial score (nSPS) is 14.9. The molecular formula is C6H10N2O2. The van der Waals surface area contributed by atoms with Gasteiger partial charge in [-0.05, 0) is 0 Å². The van der Waals surface area contributed by atoms with Crippen molar-refractivity contribution >= 4 is 6.09 Å². The van der Waals surface area contributed by atoms with Gasteiger partial charge in [0, 0.05) is 14.0 Å². The minimum atomic E-state index is -0.208. The maximum atomic E-state index is 10.3. The summed E-state index contributed by atoms with van der Waals surface area (Å²) in [4.78, 5) is 11.8. The molecule has 0 bridgehead atoms. The molecule has 1 fully saturated rings. The van der Waals surface area contributed by atoms with Gasteiger partial charge in [-0.2, -0.15) is 5.26 Å². The van der Waals surface area contributed by atoms with Crippen LogP contribution < -0.4 is 0 Å². The highest BCUT2D eigenvalue weighted by molar-refractivity contribution is 5.68. The molecule has 1 aliphatic rings. The van der Waals surface area contributed by atoms with Gasteiger partial charge in [-0.25, -0.2) is 4.79 Å². The second kappa shape index (κ2) is 4.62. The summed E-state index contributed by atoms with van der Waals surface area (Å²) >= 11 is 0. The standard InChI is InChI=1S/C4H7NO2.C2H3N/c1-5-2-3-7-4(5)6;1-2-3/h2-3H2,1H3;1H3. The predicted octanol–water partition coefficient (Wildman–Crippen LogP) is 0.598. The van der Waals surface area contributed by atoms with Gasteiger partial charge in [0.25, 0.3) is 0 Å². The molecule has 0 N–H and O–H groups in total. The molecule has 0 aromatic rings. The van der Waals surface area contributed by atoms with Crippen molar-refractivity contribution in [3.05, 3.63) is 0 Å². The Balaban J connectivity index is 0.000000236. The van der Waals surface area contributed by atoms with Crippen molar-refractivity contribution in [2.24, 2.45) is 0 Å². The first kappa shape index (κ1) is 8.76. The van der Waals surface area contributed by atoms with Crippen LogP contribution in [0.2, 0.25) is 0 Å².